The molecule has 0 saturated carbocycles. The summed E-state index contributed by atoms with van der Waals surface area (Å²) in [5.74, 6) is 0.890. The third-order valence-corrected chi connectivity index (χ3v) is 4.12. The van der Waals surface area contributed by atoms with E-state index in [9.17, 15) is 0 Å². The van der Waals surface area contributed by atoms with E-state index in [1.807, 2.05) is 27.2 Å². The molecule has 0 aliphatic carbocycles. The van der Waals surface area contributed by atoms with Gasteiger partial charge in [0, 0.05) is 31.7 Å². The molecule has 0 aliphatic heterocycles. The van der Waals surface area contributed by atoms with Gasteiger partial charge >= 0.3 is 0 Å². The summed E-state index contributed by atoms with van der Waals surface area (Å²) in [5.41, 5.74) is 2.56. The number of benzene rings is 1. The first kappa shape index (κ1) is 15.5. The summed E-state index contributed by atoms with van der Waals surface area (Å²) in [6.07, 6.45) is 1.92. The van der Waals surface area contributed by atoms with Crippen LogP contribution in [0.2, 0.25) is 0 Å². The Hall–Kier alpha value is -1.88. The number of nitrogens with zero attached hydrogens (tertiary/aromatic N) is 3. The number of aliphatic imine (C=N–C) groups is 1. The Morgan fingerprint density at radius 1 is 1.29 bits per heavy atom. The fraction of sp³-hybridized carbons (Fsp3) is 0.375. The predicted octanol–water partition coefficient (Wildman–Crippen LogP) is 2.97. The standard InChI is InChI=1S/C16H22N4S/c1-12-5-7-14(8-6-12)11-20(4)16(17-3)19-10-15-9-18-13(2)21-15/h5-9H,10-11H2,1-4H3,(H,17,19). The van der Waals surface area contributed by atoms with Gasteiger partial charge in [-0.2, -0.15) is 0 Å². The molecule has 0 fully saturated rings. The second-order valence-electron chi connectivity index (χ2n) is 5.09. The fourth-order valence-electron chi connectivity index (χ4n) is 2.08. The third-order valence-electron chi connectivity index (χ3n) is 3.20. The summed E-state index contributed by atoms with van der Waals surface area (Å²) in [7, 11) is 3.86. The number of aromatic nitrogens is 1. The Morgan fingerprint density at radius 2 is 2.00 bits per heavy atom. The first-order valence-electron chi connectivity index (χ1n) is 6.97. The van der Waals surface area contributed by atoms with E-state index < -0.39 is 0 Å². The minimum Gasteiger partial charge on any atom is -0.351 e. The summed E-state index contributed by atoms with van der Waals surface area (Å²) in [6, 6.07) is 8.59. The second-order valence-corrected chi connectivity index (χ2v) is 6.41. The highest BCUT2D eigenvalue weighted by molar-refractivity contribution is 7.11. The summed E-state index contributed by atoms with van der Waals surface area (Å²) in [6.45, 7) is 5.72. The van der Waals surface area contributed by atoms with E-state index in [0.29, 0.717) is 0 Å². The number of thiazole rings is 1. The maximum absolute atomic E-state index is 4.34. The first-order valence-corrected chi connectivity index (χ1v) is 7.79. The Bertz CT molecular complexity index is 601. The molecular weight excluding hydrogens is 280 g/mol. The van der Waals surface area contributed by atoms with Gasteiger partial charge in [-0.3, -0.25) is 4.99 Å². The molecule has 1 aromatic carbocycles. The van der Waals surface area contributed by atoms with Crippen LogP contribution < -0.4 is 5.32 Å². The Kier molecular flexibility index (Phi) is 5.33. The lowest BCUT2D eigenvalue weighted by Crippen LogP contribution is -2.37. The fourth-order valence-corrected chi connectivity index (χ4v) is 2.81. The lowest BCUT2D eigenvalue weighted by atomic mass is 10.1. The molecule has 0 saturated heterocycles. The molecule has 0 spiro atoms. The number of guanidine groups is 1. The molecule has 2 aromatic rings. The number of aryl methyl sites for hydroxylation is 2. The number of hydrogen-bond acceptors (Lipinski definition) is 3. The minimum atomic E-state index is 0.760. The van der Waals surface area contributed by atoms with Gasteiger partial charge in [-0.1, -0.05) is 29.8 Å². The third kappa shape index (κ3) is 4.56. The van der Waals surface area contributed by atoms with Gasteiger partial charge in [0.05, 0.1) is 11.6 Å². The van der Waals surface area contributed by atoms with E-state index in [4.69, 9.17) is 0 Å². The van der Waals surface area contributed by atoms with Crippen molar-refractivity contribution in [3.05, 3.63) is 51.5 Å². The molecule has 5 heteroatoms. The van der Waals surface area contributed by atoms with E-state index >= 15 is 0 Å². The molecule has 1 N–H and O–H groups in total. The van der Waals surface area contributed by atoms with Crippen LogP contribution in [0.4, 0.5) is 0 Å². The Morgan fingerprint density at radius 3 is 2.57 bits per heavy atom. The van der Waals surface area contributed by atoms with Crippen LogP contribution in [0.5, 0.6) is 0 Å². The van der Waals surface area contributed by atoms with Gasteiger partial charge in [-0.15, -0.1) is 11.3 Å². The van der Waals surface area contributed by atoms with Crippen molar-refractivity contribution in [1.82, 2.24) is 15.2 Å². The molecule has 0 amide bonds. The molecule has 0 unspecified atom stereocenters. The highest BCUT2D eigenvalue weighted by Gasteiger charge is 2.07. The predicted molar refractivity (Wildman–Crippen MR) is 89.7 cm³/mol. The zero-order valence-electron chi connectivity index (χ0n) is 13.1. The van der Waals surface area contributed by atoms with Crippen molar-refractivity contribution >= 4 is 17.3 Å². The van der Waals surface area contributed by atoms with Gasteiger partial charge in [0.25, 0.3) is 0 Å². The Balaban J connectivity index is 1.92. The largest absolute Gasteiger partial charge is 0.351 e. The molecule has 112 valence electrons. The minimum absolute atomic E-state index is 0.760. The van der Waals surface area contributed by atoms with Gasteiger partial charge in [0.15, 0.2) is 5.96 Å². The van der Waals surface area contributed by atoms with Gasteiger partial charge in [-0.05, 0) is 19.4 Å². The van der Waals surface area contributed by atoms with Gasteiger partial charge in [0.1, 0.15) is 0 Å². The highest BCUT2D eigenvalue weighted by Crippen LogP contribution is 2.11. The first-order chi connectivity index (χ1) is 10.1. The summed E-state index contributed by atoms with van der Waals surface area (Å²) in [4.78, 5) is 11.9. The lowest BCUT2D eigenvalue weighted by Gasteiger charge is -2.22. The molecule has 21 heavy (non-hydrogen) atoms. The van der Waals surface area contributed by atoms with Crippen LogP contribution >= 0.6 is 11.3 Å². The average molecular weight is 302 g/mol. The topological polar surface area (TPSA) is 40.5 Å². The quantitative estimate of drug-likeness (QED) is 0.697. The molecule has 0 aliphatic rings. The molecule has 0 bridgehead atoms. The molecule has 2 rings (SSSR count). The van der Waals surface area contributed by atoms with Crippen molar-refractivity contribution in [2.24, 2.45) is 4.99 Å². The summed E-state index contributed by atoms with van der Waals surface area (Å²) in [5, 5.41) is 4.47. The molecule has 1 aromatic heterocycles. The van der Waals surface area contributed by atoms with Crippen molar-refractivity contribution in [1.29, 1.82) is 0 Å². The van der Waals surface area contributed by atoms with E-state index in [2.05, 4.69) is 51.4 Å². The number of nitrogens with one attached hydrogen (secondary N) is 1. The van der Waals surface area contributed by atoms with Gasteiger partial charge < -0.3 is 10.2 Å². The van der Waals surface area contributed by atoms with Crippen LogP contribution in [0, 0.1) is 13.8 Å². The Labute approximate surface area is 130 Å². The van der Waals surface area contributed by atoms with Crippen LogP contribution in [0.3, 0.4) is 0 Å². The summed E-state index contributed by atoms with van der Waals surface area (Å²) < 4.78 is 0. The molecule has 0 radical (unpaired) electrons. The van der Waals surface area contributed by atoms with Crippen LogP contribution in [0.1, 0.15) is 21.0 Å². The number of rotatable bonds is 4. The van der Waals surface area contributed by atoms with Crippen molar-refractivity contribution in [2.45, 2.75) is 26.9 Å². The van der Waals surface area contributed by atoms with Crippen molar-refractivity contribution in [3.63, 3.8) is 0 Å². The van der Waals surface area contributed by atoms with E-state index in [1.165, 1.54) is 16.0 Å². The zero-order valence-corrected chi connectivity index (χ0v) is 13.9. The summed E-state index contributed by atoms with van der Waals surface area (Å²) >= 11 is 1.71. The van der Waals surface area contributed by atoms with Crippen molar-refractivity contribution in [2.75, 3.05) is 14.1 Å². The normalized spacial score (nSPS) is 11.5. The average Bonchev–Trinajstić information content (AvgIpc) is 2.88. The zero-order chi connectivity index (χ0) is 15.2. The smallest absolute Gasteiger partial charge is 0.193 e. The van der Waals surface area contributed by atoms with Crippen LogP contribution in [0.15, 0.2) is 35.5 Å². The van der Waals surface area contributed by atoms with Crippen molar-refractivity contribution < 1.29 is 0 Å². The highest BCUT2D eigenvalue weighted by atomic mass is 32.1. The lowest BCUT2D eigenvalue weighted by molar-refractivity contribution is 0.477. The SMILES string of the molecule is CN=C(NCc1cnc(C)s1)N(C)Cc1ccc(C)cc1. The molecule has 4 nitrogen and oxygen atoms in total. The van der Waals surface area contributed by atoms with Crippen molar-refractivity contribution in [3.8, 4) is 0 Å². The van der Waals surface area contributed by atoms with Crippen LogP contribution in [-0.2, 0) is 13.1 Å². The van der Waals surface area contributed by atoms with E-state index in [0.717, 1.165) is 24.1 Å². The maximum atomic E-state index is 4.34. The van der Waals surface area contributed by atoms with Gasteiger partial charge in [0.2, 0.25) is 0 Å². The number of hydrogen-bond donors (Lipinski definition) is 1. The monoisotopic (exact) mass is 302 g/mol. The molecule has 0 atom stereocenters. The van der Waals surface area contributed by atoms with Crippen LogP contribution in [-0.4, -0.2) is 29.9 Å². The van der Waals surface area contributed by atoms with E-state index in [1.54, 1.807) is 11.3 Å². The van der Waals surface area contributed by atoms with Gasteiger partial charge in [-0.25, -0.2) is 4.98 Å². The maximum Gasteiger partial charge on any atom is 0.193 e. The van der Waals surface area contributed by atoms with E-state index in [-0.39, 0.29) is 0 Å². The molecule has 1 heterocycles. The molecular formula is C16H22N4S. The van der Waals surface area contributed by atoms with Crippen LogP contribution in [0.25, 0.3) is 0 Å². The second kappa shape index (κ2) is 7.22.